The van der Waals surface area contributed by atoms with Crippen molar-refractivity contribution >= 4 is 22.5 Å². The molecule has 1 saturated heterocycles. The number of carbonyl (C=O) groups excluding carboxylic acids is 1. The molecule has 0 spiro atoms. The number of piperazine rings is 1. The molecular weight excluding hydrogens is 368 g/mol. The molecule has 0 unspecified atom stereocenters. The maximum absolute atomic E-state index is 12.9. The van der Waals surface area contributed by atoms with Gasteiger partial charge in [0.15, 0.2) is 0 Å². The lowest BCUT2D eigenvalue weighted by Crippen LogP contribution is -2.48. The largest absolute Gasteiger partial charge is 0.368 e. The highest BCUT2D eigenvalue weighted by atomic mass is 16.2. The average molecular weight is 392 g/mol. The molecule has 2 fully saturated rings. The number of carbonyl (C=O) groups is 1. The van der Waals surface area contributed by atoms with Crippen LogP contribution < -0.4 is 10.5 Å². The zero-order valence-electron chi connectivity index (χ0n) is 16.3. The third-order valence-corrected chi connectivity index (χ3v) is 6.16. The van der Waals surface area contributed by atoms with Crippen LogP contribution in [0.4, 0.5) is 5.69 Å². The van der Waals surface area contributed by atoms with Crippen LogP contribution in [0.2, 0.25) is 0 Å². The van der Waals surface area contributed by atoms with Gasteiger partial charge in [0.25, 0.3) is 11.5 Å². The fourth-order valence-electron chi connectivity index (χ4n) is 4.48. The molecule has 150 valence electrons. The second kappa shape index (κ2) is 7.35. The van der Waals surface area contributed by atoms with E-state index in [2.05, 4.69) is 20.1 Å². The third-order valence-electron chi connectivity index (χ3n) is 6.16. The van der Waals surface area contributed by atoms with E-state index in [-0.39, 0.29) is 11.5 Å². The van der Waals surface area contributed by atoms with Gasteiger partial charge in [-0.15, -0.1) is 0 Å². The molecule has 1 amide bonds. The average Bonchev–Trinajstić information content (AvgIpc) is 3.48. The zero-order chi connectivity index (χ0) is 19.8. The Morgan fingerprint density at radius 3 is 2.62 bits per heavy atom. The number of nitrogens with one attached hydrogen (secondary N) is 1. The van der Waals surface area contributed by atoms with Crippen LogP contribution in [-0.4, -0.2) is 56.7 Å². The summed E-state index contributed by atoms with van der Waals surface area (Å²) in [6.45, 7) is 2.79. The predicted octanol–water partition coefficient (Wildman–Crippen LogP) is 2.20. The number of hydrogen-bond donors (Lipinski definition) is 1. The molecule has 8 heteroatoms. The molecule has 0 bridgehead atoms. The molecule has 8 nitrogen and oxygen atoms in total. The number of rotatable bonds is 3. The van der Waals surface area contributed by atoms with Gasteiger partial charge in [-0.05, 0) is 31.0 Å². The molecule has 1 aromatic carbocycles. The Hall–Kier alpha value is -3.16. The molecule has 1 aliphatic heterocycles. The van der Waals surface area contributed by atoms with Crippen molar-refractivity contribution in [1.82, 2.24) is 24.6 Å². The number of aromatic nitrogens is 4. The number of aromatic amines is 1. The number of fused-ring (bicyclic) bond motifs is 1. The van der Waals surface area contributed by atoms with Gasteiger partial charge >= 0.3 is 0 Å². The standard InChI is InChI=1S/C21H24N6O2/c28-20(15-12-23-24-13-15)26-9-7-25(8-10-26)17-5-6-18-19(11-17)22-14-27(21(18)29)16-3-1-2-4-16/h5-6,11-14,16H,1-4,7-10H2,(H,23,24). The lowest BCUT2D eigenvalue weighted by molar-refractivity contribution is 0.0747. The van der Waals surface area contributed by atoms with Crippen LogP contribution in [0, 0.1) is 0 Å². The highest BCUT2D eigenvalue weighted by Crippen LogP contribution is 2.28. The first-order valence-electron chi connectivity index (χ1n) is 10.2. The molecule has 2 aliphatic rings. The monoisotopic (exact) mass is 392 g/mol. The second-order valence-corrected chi connectivity index (χ2v) is 7.86. The maximum Gasteiger partial charge on any atom is 0.261 e. The summed E-state index contributed by atoms with van der Waals surface area (Å²) in [5, 5.41) is 7.21. The molecular formula is C21H24N6O2. The lowest BCUT2D eigenvalue weighted by atomic mass is 10.1. The van der Waals surface area contributed by atoms with Gasteiger partial charge < -0.3 is 9.80 Å². The highest BCUT2D eigenvalue weighted by Gasteiger charge is 2.23. The molecule has 3 aromatic rings. The van der Waals surface area contributed by atoms with Gasteiger partial charge in [-0.2, -0.15) is 5.10 Å². The van der Waals surface area contributed by atoms with Crippen molar-refractivity contribution in [3.63, 3.8) is 0 Å². The van der Waals surface area contributed by atoms with Crippen LogP contribution in [0.25, 0.3) is 10.9 Å². The zero-order valence-corrected chi connectivity index (χ0v) is 16.3. The van der Waals surface area contributed by atoms with Gasteiger partial charge in [0.1, 0.15) is 0 Å². The topological polar surface area (TPSA) is 87.1 Å². The van der Waals surface area contributed by atoms with Crippen molar-refractivity contribution in [2.75, 3.05) is 31.1 Å². The number of amides is 1. The van der Waals surface area contributed by atoms with E-state index in [1.54, 1.807) is 18.7 Å². The van der Waals surface area contributed by atoms with Gasteiger partial charge in [-0.3, -0.25) is 19.3 Å². The number of anilines is 1. The SMILES string of the molecule is O=C(c1cn[nH]c1)N1CCN(c2ccc3c(=O)n(C4CCCC4)cnc3c2)CC1. The first kappa shape index (κ1) is 17.9. The van der Waals surface area contributed by atoms with Gasteiger partial charge in [0, 0.05) is 44.1 Å². The maximum atomic E-state index is 12.9. The van der Waals surface area contributed by atoms with Crippen LogP contribution >= 0.6 is 0 Å². The first-order valence-corrected chi connectivity index (χ1v) is 10.2. The number of benzene rings is 1. The molecule has 0 atom stereocenters. The molecule has 1 saturated carbocycles. The van der Waals surface area contributed by atoms with Crippen LogP contribution in [-0.2, 0) is 0 Å². The van der Waals surface area contributed by atoms with E-state index >= 15 is 0 Å². The minimum Gasteiger partial charge on any atom is -0.368 e. The molecule has 29 heavy (non-hydrogen) atoms. The normalized spacial score (nSPS) is 17.9. The van der Waals surface area contributed by atoms with Crippen molar-refractivity contribution in [1.29, 1.82) is 0 Å². The summed E-state index contributed by atoms with van der Waals surface area (Å²) in [5.41, 5.74) is 2.42. The lowest BCUT2D eigenvalue weighted by Gasteiger charge is -2.36. The summed E-state index contributed by atoms with van der Waals surface area (Å²) in [6.07, 6.45) is 9.39. The van der Waals surface area contributed by atoms with Gasteiger partial charge in [-0.1, -0.05) is 12.8 Å². The minimum absolute atomic E-state index is 0.00559. The summed E-state index contributed by atoms with van der Waals surface area (Å²) in [7, 11) is 0. The van der Waals surface area contributed by atoms with E-state index in [0.717, 1.165) is 37.1 Å². The number of H-pyrrole nitrogens is 1. The fraction of sp³-hybridized carbons (Fsp3) is 0.429. The Labute approximate surface area is 168 Å². The molecule has 2 aromatic heterocycles. The van der Waals surface area contributed by atoms with Crippen molar-refractivity contribution in [3.8, 4) is 0 Å². The van der Waals surface area contributed by atoms with Crippen molar-refractivity contribution in [3.05, 3.63) is 52.8 Å². The molecule has 0 radical (unpaired) electrons. The van der Waals surface area contributed by atoms with E-state index < -0.39 is 0 Å². The third kappa shape index (κ3) is 3.28. The smallest absolute Gasteiger partial charge is 0.261 e. The predicted molar refractivity (Wildman–Crippen MR) is 110 cm³/mol. The summed E-state index contributed by atoms with van der Waals surface area (Å²) in [6, 6.07) is 6.18. The summed E-state index contributed by atoms with van der Waals surface area (Å²) < 4.78 is 1.81. The van der Waals surface area contributed by atoms with Gasteiger partial charge in [0.2, 0.25) is 0 Å². The number of nitrogens with zero attached hydrogens (tertiary/aromatic N) is 5. The Morgan fingerprint density at radius 1 is 1.10 bits per heavy atom. The summed E-state index contributed by atoms with van der Waals surface area (Å²) >= 11 is 0. The van der Waals surface area contributed by atoms with E-state index in [1.807, 2.05) is 27.7 Å². The van der Waals surface area contributed by atoms with Crippen LogP contribution in [0.5, 0.6) is 0 Å². The Balaban J connectivity index is 1.33. The van der Waals surface area contributed by atoms with E-state index in [1.165, 1.54) is 12.8 Å². The van der Waals surface area contributed by atoms with Gasteiger partial charge in [0.05, 0.1) is 29.0 Å². The second-order valence-electron chi connectivity index (χ2n) is 7.86. The van der Waals surface area contributed by atoms with E-state index in [0.29, 0.717) is 30.1 Å². The van der Waals surface area contributed by atoms with Gasteiger partial charge in [-0.25, -0.2) is 4.98 Å². The quantitative estimate of drug-likeness (QED) is 0.738. The minimum atomic E-state index is 0.00559. The highest BCUT2D eigenvalue weighted by molar-refractivity contribution is 5.93. The Morgan fingerprint density at radius 2 is 1.90 bits per heavy atom. The van der Waals surface area contributed by atoms with E-state index in [4.69, 9.17) is 0 Å². The van der Waals surface area contributed by atoms with E-state index in [9.17, 15) is 9.59 Å². The molecule has 1 aliphatic carbocycles. The van der Waals surface area contributed by atoms with Crippen molar-refractivity contribution in [2.24, 2.45) is 0 Å². The summed E-state index contributed by atoms with van der Waals surface area (Å²) in [4.78, 5) is 34.0. The molecule has 1 N–H and O–H groups in total. The van der Waals surface area contributed by atoms with Crippen LogP contribution in [0.1, 0.15) is 42.1 Å². The Bertz CT molecular complexity index is 1080. The number of hydrogen-bond acceptors (Lipinski definition) is 5. The molecule has 3 heterocycles. The summed E-state index contributed by atoms with van der Waals surface area (Å²) in [5.74, 6) is 0.00559. The molecule has 5 rings (SSSR count). The van der Waals surface area contributed by atoms with Crippen LogP contribution in [0.15, 0.2) is 41.7 Å². The van der Waals surface area contributed by atoms with Crippen LogP contribution in [0.3, 0.4) is 0 Å². The first-order chi connectivity index (χ1) is 14.2. The Kier molecular flexibility index (Phi) is 4.54. The fourth-order valence-corrected chi connectivity index (χ4v) is 4.48. The van der Waals surface area contributed by atoms with Crippen molar-refractivity contribution in [2.45, 2.75) is 31.7 Å². The van der Waals surface area contributed by atoms with Crippen molar-refractivity contribution < 1.29 is 4.79 Å².